The summed E-state index contributed by atoms with van der Waals surface area (Å²) in [7, 11) is -69.6. The average Bonchev–Trinajstić information content (AvgIpc) is 1.42. The standard InChI is InChI=1S/C61H120O12Si10.C16H24O12Si8/c1-46(2)39-77(62-74(15,16)30-27-59-36-53-21-24-56(59)33-53)65-80(42-49(7)8)67-78(40-47(3)4,63-75(17,18)31-28-60-37-54-22-25-57(60)34-54)69-82(44-51(11)12)70-79(41-48(5)6,64-76(19,20)32-29-61-38-55-23-26-58(61)35-55)68-81(66-77,43-50(9)10)72-83(71-80,73-82)45-52(13)14;1-9-29-17-30(10-2)20-33(13-5)22-31(11-3,18-29)24-35(15-7)25-32(12-4,19-29)23-34(14-6,21-30)27-36(16-8,26-33)28-35/h21-26,46-61H,27-45H2,1-20H3;9-16H,1-8H2. The van der Waals surface area contributed by atoms with Gasteiger partial charge in [0, 0.05) is 42.3 Å². The number of hydrogen-bond donors (Lipinski definition) is 0. The van der Waals surface area contributed by atoms with Gasteiger partial charge in [0.25, 0.3) is 0 Å². The smallest absolute Gasteiger partial charge is 0.416 e. The van der Waals surface area contributed by atoms with Crippen LogP contribution in [0.15, 0.2) is 135 Å². The second kappa shape index (κ2) is 35.7. The molecule has 15 rings (SSSR count). The monoisotopic (exact) mass is 1960 g/mol. The molecule has 9 saturated heterocycles. The Kier molecular flexibility index (Phi) is 29.0. The van der Waals surface area contributed by atoms with Crippen LogP contribution in [0.25, 0.3) is 0 Å². The zero-order valence-electron chi connectivity index (χ0n) is 75.2. The van der Waals surface area contributed by atoms with Crippen LogP contribution in [0.4, 0.5) is 0 Å². The molecule has 12 fully saturated rings. The van der Waals surface area contributed by atoms with E-state index in [1.165, 1.54) is 84.1 Å². The van der Waals surface area contributed by atoms with Crippen LogP contribution in [0.1, 0.15) is 155 Å². The van der Waals surface area contributed by atoms with Crippen LogP contribution in [0.2, 0.25) is 99.7 Å². The van der Waals surface area contributed by atoms with Crippen LogP contribution in [0, 0.1) is 94.7 Å². The maximum absolute atomic E-state index is 8.54. The molecule has 0 amide bonds. The highest BCUT2D eigenvalue weighted by Crippen LogP contribution is 2.57. The molecule has 0 aromatic carbocycles. The molecule has 9 atom stereocenters. The van der Waals surface area contributed by atoms with Gasteiger partial charge in [0.15, 0.2) is 25.0 Å². The minimum atomic E-state index is -4.17. The molecule has 668 valence electrons. The van der Waals surface area contributed by atoms with Gasteiger partial charge in [0.1, 0.15) is 0 Å². The summed E-state index contributed by atoms with van der Waals surface area (Å²) < 4.78 is 180. The molecule has 9 unspecified atom stereocenters. The highest BCUT2D eigenvalue weighted by Gasteiger charge is 2.84. The van der Waals surface area contributed by atoms with Gasteiger partial charge < -0.3 is 98.8 Å². The third-order valence-electron chi connectivity index (χ3n) is 24.7. The van der Waals surface area contributed by atoms with Crippen molar-refractivity contribution in [1.82, 2.24) is 0 Å². The zero-order valence-corrected chi connectivity index (χ0v) is 93.2. The van der Waals surface area contributed by atoms with E-state index in [0.717, 1.165) is 37.4 Å². The van der Waals surface area contributed by atoms with Crippen molar-refractivity contribution in [2.45, 2.75) is 254 Å². The molecule has 6 aliphatic carbocycles. The van der Waals surface area contributed by atoms with Gasteiger partial charge in [-0.2, -0.15) is 0 Å². The van der Waals surface area contributed by atoms with Crippen LogP contribution in [0.3, 0.4) is 0 Å². The Morgan fingerprint density at radius 3 is 0.580 bits per heavy atom. The average molecular weight is 1960 g/mol. The molecule has 24 nitrogen and oxygen atoms in total. The molecule has 15 aliphatic rings. The second-order valence-electron chi connectivity index (χ2n) is 40.9. The van der Waals surface area contributed by atoms with Crippen LogP contribution < -0.4 is 0 Å². The van der Waals surface area contributed by atoms with Crippen LogP contribution in [0.5, 0.6) is 0 Å². The van der Waals surface area contributed by atoms with Crippen molar-refractivity contribution < 1.29 is 98.8 Å². The topological polar surface area (TPSA) is 222 Å². The van der Waals surface area contributed by atoms with E-state index in [4.69, 9.17) is 98.8 Å². The Bertz CT molecular complexity index is 3250. The predicted octanol–water partition coefficient (Wildman–Crippen LogP) is 19.4. The summed E-state index contributed by atoms with van der Waals surface area (Å²) in [5.74, 6) is 6.96. The first-order valence-corrected chi connectivity index (χ1v) is 81.8. The Hall–Kier alpha value is 0.0839. The minimum absolute atomic E-state index is 0.102. The lowest BCUT2D eigenvalue weighted by Gasteiger charge is -2.60. The van der Waals surface area contributed by atoms with Crippen molar-refractivity contribution in [2.75, 3.05) is 0 Å². The van der Waals surface area contributed by atoms with E-state index in [1.54, 1.807) is 0 Å². The van der Waals surface area contributed by atoms with Gasteiger partial charge in [-0.15, -0.1) is 52.6 Å². The first kappa shape index (κ1) is 96.6. The summed E-state index contributed by atoms with van der Waals surface area (Å²) in [6, 6.07) is 6.71. The Labute approximate surface area is 733 Å². The molecular weight excluding hydrogens is 1810 g/mol. The maximum atomic E-state index is 8.54. The molecule has 3 saturated carbocycles. The molecule has 119 heavy (non-hydrogen) atoms. The summed E-state index contributed by atoms with van der Waals surface area (Å²) in [4.78, 5) is 0. The third-order valence-corrected chi connectivity index (χ3v) is 102. The lowest BCUT2D eigenvalue weighted by Crippen LogP contribution is -2.87. The largest absolute Gasteiger partial charge is 0.507 e. The quantitative estimate of drug-likeness (QED) is 0.0417. The highest BCUT2D eigenvalue weighted by molar-refractivity contribution is 7.08. The molecule has 42 heteroatoms. The number of allylic oxidation sites excluding steroid dienone is 6. The van der Waals surface area contributed by atoms with E-state index in [2.05, 4.69) is 225 Å². The fraction of sp³-hybridized carbons (Fsp3) is 0.714. The fourth-order valence-electron chi connectivity index (χ4n) is 20.5. The Morgan fingerprint density at radius 2 is 0.437 bits per heavy atom. The van der Waals surface area contributed by atoms with Crippen LogP contribution in [-0.4, -0.2) is 157 Å². The van der Waals surface area contributed by atoms with E-state index in [-0.39, 0.29) is 41.4 Å². The van der Waals surface area contributed by atoms with Gasteiger partial charge in [-0.25, -0.2) is 0 Å². The van der Waals surface area contributed by atoms with Gasteiger partial charge in [-0.05, 0) is 236 Å². The Balaban J connectivity index is 0.000000282. The minimum Gasteiger partial charge on any atom is -0.416 e. The first-order valence-electron chi connectivity index (χ1n) is 44.5. The molecule has 0 radical (unpaired) electrons. The van der Waals surface area contributed by atoms with Crippen molar-refractivity contribution in [2.24, 2.45) is 94.7 Å². The summed E-state index contributed by atoms with van der Waals surface area (Å²) in [6.07, 6.45) is 26.0. The van der Waals surface area contributed by atoms with Crippen LogP contribution in [-0.2, 0) is 98.8 Å². The van der Waals surface area contributed by atoms with E-state index < -0.39 is 157 Å². The fourth-order valence-corrected chi connectivity index (χ4v) is 118. The summed E-state index contributed by atoms with van der Waals surface area (Å²) in [5.41, 5.74) is 10.9. The van der Waals surface area contributed by atoms with Crippen molar-refractivity contribution >= 4 is 157 Å². The normalized spacial score (nSPS) is 44.2. The first-order chi connectivity index (χ1) is 55.5. The lowest BCUT2D eigenvalue weighted by atomic mass is 9.91. The van der Waals surface area contributed by atoms with Gasteiger partial charge in [0.05, 0.1) is 0 Å². The number of rotatable bonds is 37. The van der Waals surface area contributed by atoms with Crippen molar-refractivity contribution in [1.29, 1.82) is 0 Å². The summed E-state index contributed by atoms with van der Waals surface area (Å²) >= 11 is 0. The summed E-state index contributed by atoms with van der Waals surface area (Å²) in [5, 5.41) is 0. The van der Waals surface area contributed by atoms with Gasteiger partial charge >= 0.3 is 132 Å². The molecule has 18 bridgehead atoms. The highest BCUT2D eigenvalue weighted by atomic mass is 28.6. The molecule has 0 N–H and O–H groups in total. The predicted molar refractivity (Wildman–Crippen MR) is 499 cm³/mol. The van der Waals surface area contributed by atoms with Crippen molar-refractivity contribution in [3.8, 4) is 0 Å². The van der Waals surface area contributed by atoms with Crippen molar-refractivity contribution in [3.63, 3.8) is 0 Å². The van der Waals surface area contributed by atoms with Crippen molar-refractivity contribution in [3.05, 3.63) is 135 Å². The number of hydrogen-bond acceptors (Lipinski definition) is 24. The molecule has 9 heterocycles. The molecule has 0 spiro atoms. The maximum Gasteiger partial charge on any atom is 0.507 e. The molecular formula is C77H144O24Si18. The third kappa shape index (κ3) is 21.5. The van der Waals surface area contributed by atoms with Gasteiger partial charge in [0.2, 0.25) is 0 Å². The van der Waals surface area contributed by atoms with E-state index in [1.807, 2.05) is 0 Å². The van der Waals surface area contributed by atoms with Crippen LogP contribution >= 0.6 is 0 Å². The Morgan fingerprint density at radius 1 is 0.261 bits per heavy atom. The zero-order chi connectivity index (χ0) is 86.5. The number of fused-ring (bicyclic) bond motifs is 9. The second-order valence-corrected chi connectivity index (χ2v) is 97.9. The molecule has 0 aromatic rings. The van der Waals surface area contributed by atoms with E-state index in [0.29, 0.717) is 95.6 Å². The van der Waals surface area contributed by atoms with Gasteiger partial charge in [-0.1, -0.05) is 153 Å². The summed E-state index contributed by atoms with van der Waals surface area (Å²) in [6.45, 7) is 77.7. The lowest BCUT2D eigenvalue weighted by molar-refractivity contribution is -0.00788. The van der Waals surface area contributed by atoms with Gasteiger partial charge in [-0.3, -0.25) is 0 Å². The van der Waals surface area contributed by atoms with E-state index >= 15 is 0 Å². The molecule has 0 aromatic heterocycles. The SMILES string of the molecule is C=C[Si]12O[Si]3(C=C)O[Si]4(C=C)O[Si](C=C)(O1)O[Si]1(C=C)O[Si](C=C)(O2)O[Si](C=C)(O3)O[Si](C=C)(O4)O1.CC(C)C[Si]1(O[Si](C)(C)CCC2CC3C=CC2C3)O[Si]2(CC(C)C)O[Si](CC(C)C)(O[Si](C)(C)CCC3CC4C=CC3C4)O[Si]3(CC(C)C)O[Si](CC(C)C)(O[Si](C)(C)CCC4CC5C=CC4C5)O[Si](CC(C)C)(O1)O[Si](CC(C)C)(O2)O3. The molecule has 9 aliphatic heterocycles. The van der Waals surface area contributed by atoms with E-state index in [9.17, 15) is 0 Å².